The monoisotopic (exact) mass is 257 g/mol. The van der Waals surface area contributed by atoms with Crippen LogP contribution in [0.2, 0.25) is 0 Å². The summed E-state index contributed by atoms with van der Waals surface area (Å²) in [7, 11) is 0. The highest BCUT2D eigenvalue weighted by Gasteiger charge is 2.22. The van der Waals surface area contributed by atoms with E-state index in [9.17, 15) is 4.79 Å². The van der Waals surface area contributed by atoms with Crippen molar-refractivity contribution in [2.75, 3.05) is 5.32 Å². The van der Waals surface area contributed by atoms with Crippen molar-refractivity contribution in [1.29, 1.82) is 0 Å². The van der Waals surface area contributed by atoms with Crippen molar-refractivity contribution in [2.45, 2.75) is 52.0 Å². The number of carboxylic acid groups (broad SMARTS) is 1. The van der Waals surface area contributed by atoms with Crippen molar-refractivity contribution < 1.29 is 9.90 Å². The first kappa shape index (κ1) is 13.9. The lowest BCUT2D eigenvalue weighted by Gasteiger charge is -2.13. The second-order valence-electron chi connectivity index (χ2n) is 4.99. The number of nitrogens with zero attached hydrogens (tertiary/aromatic N) is 2. The molecule has 1 rings (SSSR count). The third-order valence-corrected chi connectivity index (χ3v) is 3.52. The minimum atomic E-state index is -0.848. The number of carbonyl (C=O) groups is 1. The van der Waals surface area contributed by atoms with Crippen molar-refractivity contribution in [2.24, 2.45) is 0 Å². The third kappa shape index (κ3) is 3.96. The number of aliphatic carboxylic acids is 1. The highest BCUT2D eigenvalue weighted by molar-refractivity contribution is 7.15. The van der Waals surface area contributed by atoms with Gasteiger partial charge in [0.05, 0.1) is 0 Å². The van der Waals surface area contributed by atoms with E-state index in [0.717, 1.165) is 11.4 Å². The molecule has 0 aromatic carbocycles. The molecule has 1 aromatic rings. The molecule has 0 aliphatic rings. The lowest BCUT2D eigenvalue weighted by molar-refractivity contribution is -0.138. The van der Waals surface area contributed by atoms with Gasteiger partial charge in [-0.1, -0.05) is 45.5 Å². The van der Waals surface area contributed by atoms with Crippen LogP contribution in [0.4, 0.5) is 5.13 Å². The Labute approximate surface area is 105 Å². The largest absolute Gasteiger partial charge is 0.480 e. The van der Waals surface area contributed by atoms with E-state index in [-0.39, 0.29) is 5.41 Å². The van der Waals surface area contributed by atoms with Crippen LogP contribution in [0.25, 0.3) is 0 Å². The Morgan fingerprint density at radius 3 is 2.53 bits per heavy atom. The van der Waals surface area contributed by atoms with Crippen LogP contribution in [0.15, 0.2) is 0 Å². The smallest absolute Gasteiger partial charge is 0.326 e. The molecule has 0 aliphatic heterocycles. The second-order valence-corrected chi connectivity index (χ2v) is 5.96. The van der Waals surface area contributed by atoms with E-state index in [0.29, 0.717) is 11.6 Å². The summed E-state index contributed by atoms with van der Waals surface area (Å²) in [4.78, 5) is 11.0. The topological polar surface area (TPSA) is 75.1 Å². The number of nitrogens with one attached hydrogen (secondary N) is 1. The molecule has 1 unspecified atom stereocenters. The zero-order valence-corrected chi connectivity index (χ0v) is 11.5. The van der Waals surface area contributed by atoms with Crippen molar-refractivity contribution >= 4 is 22.4 Å². The van der Waals surface area contributed by atoms with Crippen LogP contribution in [0.1, 0.15) is 45.5 Å². The Hall–Kier alpha value is -1.17. The number of hydrogen-bond acceptors (Lipinski definition) is 5. The van der Waals surface area contributed by atoms with Crippen molar-refractivity contribution in [3.63, 3.8) is 0 Å². The maximum absolute atomic E-state index is 11.0. The summed E-state index contributed by atoms with van der Waals surface area (Å²) in [5, 5.41) is 21.5. The molecule has 96 valence electrons. The predicted octanol–water partition coefficient (Wildman–Crippen LogP) is 2.50. The maximum Gasteiger partial charge on any atom is 0.326 e. The van der Waals surface area contributed by atoms with Gasteiger partial charge in [-0.25, -0.2) is 4.79 Å². The molecule has 1 heterocycles. The summed E-state index contributed by atoms with van der Waals surface area (Å²) in [6.07, 6.45) is 1.40. The quantitative estimate of drug-likeness (QED) is 0.847. The lowest BCUT2D eigenvalue weighted by Crippen LogP contribution is -2.28. The van der Waals surface area contributed by atoms with Gasteiger partial charge in [0, 0.05) is 5.41 Å². The molecule has 0 aliphatic carbocycles. The molecule has 0 saturated heterocycles. The molecule has 17 heavy (non-hydrogen) atoms. The molecule has 0 spiro atoms. The van der Waals surface area contributed by atoms with Crippen LogP contribution in [-0.2, 0) is 10.2 Å². The Morgan fingerprint density at radius 2 is 2.12 bits per heavy atom. The Balaban J connectivity index is 2.74. The van der Waals surface area contributed by atoms with Crippen LogP contribution < -0.4 is 5.32 Å². The van der Waals surface area contributed by atoms with Crippen LogP contribution in [0, 0.1) is 0 Å². The van der Waals surface area contributed by atoms with E-state index in [4.69, 9.17) is 5.11 Å². The van der Waals surface area contributed by atoms with Gasteiger partial charge in [0.25, 0.3) is 0 Å². The molecule has 0 amide bonds. The minimum Gasteiger partial charge on any atom is -0.480 e. The fraction of sp³-hybridized carbons (Fsp3) is 0.727. The van der Waals surface area contributed by atoms with Crippen molar-refractivity contribution in [3.05, 3.63) is 5.01 Å². The van der Waals surface area contributed by atoms with Gasteiger partial charge >= 0.3 is 5.97 Å². The van der Waals surface area contributed by atoms with Gasteiger partial charge in [-0.2, -0.15) is 0 Å². The normalized spacial score (nSPS) is 13.4. The van der Waals surface area contributed by atoms with E-state index < -0.39 is 12.0 Å². The Bertz CT molecular complexity index is 384. The number of carboxylic acids is 1. The van der Waals surface area contributed by atoms with Crippen LogP contribution in [0.5, 0.6) is 0 Å². The van der Waals surface area contributed by atoms with Crippen molar-refractivity contribution in [3.8, 4) is 0 Å². The summed E-state index contributed by atoms with van der Waals surface area (Å²) in [6.45, 7) is 8.12. The zero-order chi connectivity index (χ0) is 13.1. The van der Waals surface area contributed by atoms with E-state index >= 15 is 0 Å². The molecule has 1 aromatic heterocycles. The molecule has 0 radical (unpaired) electrons. The van der Waals surface area contributed by atoms with Gasteiger partial charge in [-0.3, -0.25) is 0 Å². The highest BCUT2D eigenvalue weighted by atomic mass is 32.1. The first-order valence-electron chi connectivity index (χ1n) is 5.68. The van der Waals surface area contributed by atoms with E-state index in [1.165, 1.54) is 11.3 Å². The Kier molecular flexibility index (Phi) is 4.45. The summed E-state index contributed by atoms with van der Waals surface area (Å²) >= 11 is 1.41. The molecule has 2 N–H and O–H groups in total. The van der Waals surface area contributed by atoms with Gasteiger partial charge in [-0.05, 0) is 6.42 Å². The summed E-state index contributed by atoms with van der Waals surface area (Å²) < 4.78 is 0. The second kappa shape index (κ2) is 5.44. The van der Waals surface area contributed by atoms with Crippen LogP contribution >= 0.6 is 11.3 Å². The average molecular weight is 257 g/mol. The van der Waals surface area contributed by atoms with Gasteiger partial charge in [-0.15, -0.1) is 10.2 Å². The SMILES string of the molecule is CCCC(Nc1nnc(C(C)(C)C)s1)C(=O)O. The van der Waals surface area contributed by atoms with E-state index in [1.807, 2.05) is 6.92 Å². The molecule has 0 saturated carbocycles. The van der Waals surface area contributed by atoms with Gasteiger partial charge < -0.3 is 10.4 Å². The molecule has 0 bridgehead atoms. The predicted molar refractivity (Wildman–Crippen MR) is 68.6 cm³/mol. The standard InChI is InChI=1S/C11H19N3O2S/c1-5-6-7(8(15)16)12-10-14-13-9(17-10)11(2,3)4/h7H,5-6H2,1-4H3,(H,12,14)(H,15,16). The lowest BCUT2D eigenvalue weighted by atomic mass is 9.98. The third-order valence-electron chi connectivity index (χ3n) is 2.24. The fourth-order valence-electron chi connectivity index (χ4n) is 1.28. The van der Waals surface area contributed by atoms with Gasteiger partial charge in [0.2, 0.25) is 5.13 Å². The van der Waals surface area contributed by atoms with Crippen molar-refractivity contribution in [1.82, 2.24) is 10.2 Å². The number of anilines is 1. The van der Waals surface area contributed by atoms with Gasteiger partial charge in [0.1, 0.15) is 11.0 Å². The summed E-state index contributed by atoms with van der Waals surface area (Å²) in [6, 6.07) is -0.583. The Morgan fingerprint density at radius 1 is 1.47 bits per heavy atom. The molecular formula is C11H19N3O2S. The zero-order valence-electron chi connectivity index (χ0n) is 10.6. The summed E-state index contributed by atoms with van der Waals surface area (Å²) in [5.74, 6) is -0.848. The molecule has 5 nitrogen and oxygen atoms in total. The average Bonchev–Trinajstić information content (AvgIpc) is 2.64. The maximum atomic E-state index is 11.0. The van der Waals surface area contributed by atoms with Crippen LogP contribution in [-0.4, -0.2) is 27.3 Å². The molecule has 1 atom stereocenters. The van der Waals surface area contributed by atoms with Gasteiger partial charge in [0.15, 0.2) is 0 Å². The number of hydrogen-bond donors (Lipinski definition) is 2. The minimum absolute atomic E-state index is 0.0545. The van der Waals surface area contributed by atoms with E-state index in [2.05, 4.69) is 36.3 Å². The molecule has 0 fully saturated rings. The highest BCUT2D eigenvalue weighted by Crippen LogP contribution is 2.28. The summed E-state index contributed by atoms with van der Waals surface area (Å²) in [5.41, 5.74) is -0.0545. The van der Waals surface area contributed by atoms with Crippen LogP contribution in [0.3, 0.4) is 0 Å². The first-order chi connectivity index (χ1) is 7.84. The number of rotatable bonds is 5. The molecular weight excluding hydrogens is 238 g/mol. The number of aromatic nitrogens is 2. The van der Waals surface area contributed by atoms with E-state index in [1.54, 1.807) is 0 Å². The first-order valence-corrected chi connectivity index (χ1v) is 6.49. The fourth-order valence-corrected chi connectivity index (χ4v) is 2.13. The molecule has 6 heteroatoms.